The molecule has 0 aromatic rings. The third-order valence-electron chi connectivity index (χ3n) is 2.54. The molecule has 2 aliphatic carbocycles. The zero-order chi connectivity index (χ0) is 16.5. The Morgan fingerprint density at radius 1 is 0.727 bits per heavy atom. The first-order valence-corrected chi connectivity index (χ1v) is 7.40. The Labute approximate surface area is 155 Å². The predicted molar refractivity (Wildman–Crippen MR) is 84.0 cm³/mol. The second kappa shape index (κ2) is 20.7. The van der Waals surface area contributed by atoms with Crippen molar-refractivity contribution in [2.24, 2.45) is 17.8 Å². The fraction of sp³-hybridized carbons (Fsp3) is 0.500. The van der Waals surface area contributed by atoms with Crippen LogP contribution in [0.2, 0.25) is 0 Å². The molecule has 0 aromatic heterocycles. The van der Waals surface area contributed by atoms with Crippen LogP contribution in [0, 0.1) is 24.7 Å². The topological polar surface area (TPSA) is 69.2 Å². The van der Waals surface area contributed by atoms with Gasteiger partial charge in [-0.15, -0.1) is 25.7 Å². The van der Waals surface area contributed by atoms with Gasteiger partial charge in [-0.05, 0) is 11.8 Å². The molecule has 0 fully saturated rings. The van der Waals surface area contributed by atoms with Crippen LogP contribution in [0.15, 0.2) is 48.6 Å². The third kappa shape index (κ3) is 14.7. The summed E-state index contributed by atoms with van der Waals surface area (Å²) >= 11 is 0. The molecule has 0 saturated carbocycles. The molecule has 4 heteroatoms. The van der Waals surface area contributed by atoms with Crippen LogP contribution in [0.5, 0.6) is 0 Å². The number of hydrogen-bond donors (Lipinski definition) is 0. The number of allylic oxidation sites excluding steroid dienone is 8. The van der Waals surface area contributed by atoms with E-state index in [0.717, 1.165) is 0 Å². The molecule has 3 nitrogen and oxygen atoms in total. The molecule has 0 aromatic carbocycles. The number of rotatable bonds is 2. The van der Waals surface area contributed by atoms with Crippen LogP contribution < -0.4 is 15.3 Å². The maximum Gasteiger partial charge on any atom is 4.00 e. The average Bonchev–Trinajstić information content (AvgIpc) is 3.15. The quantitative estimate of drug-likeness (QED) is 0.669. The van der Waals surface area contributed by atoms with Crippen LogP contribution in [-0.4, -0.2) is 19.8 Å². The van der Waals surface area contributed by atoms with Crippen LogP contribution in [-0.2, 0) is 26.2 Å². The maximum absolute atomic E-state index is 8.93. The standard InChI is InChI=1S/C12H13.3C2H5O.Zr/c1-10(11-6-2-3-7-11)12-8-4-5-9-12;3*1-2-3;/h2-12H,1H2;3*2H2,1H3;/q4*-1;+4. The van der Waals surface area contributed by atoms with Gasteiger partial charge in [0.25, 0.3) is 0 Å². The summed E-state index contributed by atoms with van der Waals surface area (Å²) in [7, 11) is 0. The van der Waals surface area contributed by atoms with E-state index < -0.39 is 0 Å². The van der Waals surface area contributed by atoms with Crippen LogP contribution in [0.3, 0.4) is 0 Å². The molecule has 0 bridgehead atoms. The maximum atomic E-state index is 8.93. The smallest absolute Gasteiger partial charge is 0.855 e. The van der Waals surface area contributed by atoms with Gasteiger partial charge < -0.3 is 22.2 Å². The average molecular weight is 384 g/mol. The monoisotopic (exact) mass is 382 g/mol. The Morgan fingerprint density at radius 3 is 1.09 bits per heavy atom. The van der Waals surface area contributed by atoms with Gasteiger partial charge >= 0.3 is 26.2 Å². The van der Waals surface area contributed by atoms with Crippen molar-refractivity contribution in [1.82, 2.24) is 0 Å². The van der Waals surface area contributed by atoms with Crippen molar-refractivity contribution in [2.75, 3.05) is 19.8 Å². The Balaban J connectivity index is -0.000000307. The van der Waals surface area contributed by atoms with E-state index >= 15 is 0 Å². The summed E-state index contributed by atoms with van der Waals surface area (Å²) in [5.41, 5.74) is 0. The van der Waals surface area contributed by atoms with E-state index in [1.807, 2.05) is 0 Å². The van der Waals surface area contributed by atoms with E-state index in [-0.39, 0.29) is 46.0 Å². The minimum atomic E-state index is 0. The van der Waals surface area contributed by atoms with Gasteiger partial charge in [0.15, 0.2) is 0 Å². The molecule has 0 aliphatic heterocycles. The molecule has 0 unspecified atom stereocenters. The molecular weight excluding hydrogens is 355 g/mol. The second-order valence-electron chi connectivity index (χ2n) is 4.22. The van der Waals surface area contributed by atoms with Crippen molar-refractivity contribution in [3.63, 3.8) is 0 Å². The summed E-state index contributed by atoms with van der Waals surface area (Å²) < 4.78 is 0. The molecule has 22 heavy (non-hydrogen) atoms. The molecule has 0 saturated heterocycles. The molecule has 0 atom stereocenters. The minimum absolute atomic E-state index is 0. The van der Waals surface area contributed by atoms with Crippen molar-refractivity contribution in [1.29, 1.82) is 0 Å². The normalized spacial score (nSPS) is 14.5. The van der Waals surface area contributed by atoms with Crippen LogP contribution in [0.25, 0.3) is 0 Å². The summed E-state index contributed by atoms with van der Waals surface area (Å²) in [4.78, 5) is 0. The van der Waals surface area contributed by atoms with Gasteiger partial charge in [-0.2, -0.15) is 0 Å². The molecule has 0 amide bonds. The molecule has 0 spiro atoms. The Kier molecular flexibility index (Phi) is 25.1. The van der Waals surface area contributed by atoms with Gasteiger partial charge in [-0.25, -0.2) is 0 Å². The van der Waals surface area contributed by atoms with Gasteiger partial charge in [-0.3, -0.25) is 0 Å². The van der Waals surface area contributed by atoms with E-state index in [1.165, 1.54) is 0 Å². The molecule has 2 aliphatic rings. The van der Waals surface area contributed by atoms with Gasteiger partial charge in [0.1, 0.15) is 0 Å². The first-order valence-electron chi connectivity index (χ1n) is 7.40. The predicted octanol–water partition coefficient (Wildman–Crippen LogP) is 1.02. The summed E-state index contributed by atoms with van der Waals surface area (Å²) in [6, 6.07) is 0. The fourth-order valence-corrected chi connectivity index (χ4v) is 1.73. The van der Waals surface area contributed by atoms with Crippen molar-refractivity contribution >= 4 is 0 Å². The van der Waals surface area contributed by atoms with E-state index in [9.17, 15) is 0 Å². The van der Waals surface area contributed by atoms with E-state index in [2.05, 4.69) is 55.5 Å². The number of hydrogen-bond acceptors (Lipinski definition) is 3. The first-order chi connectivity index (χ1) is 10.1. The SMILES string of the molecule is CC[O-].CC[O-].CC[O-].[CH2-]C(C1C=CC=C1)C1C=CC=C1.[Zr+4]. The van der Waals surface area contributed by atoms with Gasteiger partial charge in [-0.1, -0.05) is 69.4 Å². The fourth-order valence-electron chi connectivity index (χ4n) is 1.73. The Hall–Kier alpha value is -0.277. The minimum Gasteiger partial charge on any atom is -0.855 e. The zero-order valence-corrected chi connectivity index (χ0v) is 16.4. The van der Waals surface area contributed by atoms with Gasteiger partial charge in [0.05, 0.1) is 0 Å². The van der Waals surface area contributed by atoms with E-state index in [4.69, 9.17) is 15.3 Å². The zero-order valence-electron chi connectivity index (χ0n) is 13.9. The Morgan fingerprint density at radius 2 is 0.909 bits per heavy atom. The van der Waals surface area contributed by atoms with Crippen molar-refractivity contribution in [3.8, 4) is 0 Å². The summed E-state index contributed by atoms with van der Waals surface area (Å²) in [5.74, 6) is 1.51. The summed E-state index contributed by atoms with van der Waals surface area (Å²) in [5, 5.41) is 26.8. The molecule has 2 rings (SSSR count). The van der Waals surface area contributed by atoms with Crippen LogP contribution in [0.4, 0.5) is 0 Å². The third-order valence-corrected chi connectivity index (χ3v) is 2.54. The Bertz CT molecular complexity index is 266. The second-order valence-corrected chi connectivity index (χ2v) is 4.22. The molecule has 122 valence electrons. The molecular formula is C18H28O3Zr. The molecule has 0 N–H and O–H groups in total. The van der Waals surface area contributed by atoms with Crippen LogP contribution >= 0.6 is 0 Å². The van der Waals surface area contributed by atoms with Crippen LogP contribution in [0.1, 0.15) is 20.8 Å². The van der Waals surface area contributed by atoms with E-state index in [0.29, 0.717) is 17.8 Å². The first kappa shape index (κ1) is 26.6. The summed E-state index contributed by atoms with van der Waals surface area (Å²) in [6.07, 6.45) is 17.3. The van der Waals surface area contributed by atoms with Crippen molar-refractivity contribution in [2.45, 2.75) is 20.8 Å². The van der Waals surface area contributed by atoms with E-state index in [1.54, 1.807) is 20.8 Å². The van der Waals surface area contributed by atoms with Gasteiger partial charge in [0, 0.05) is 0 Å². The summed E-state index contributed by atoms with van der Waals surface area (Å²) in [6.45, 7) is 8.91. The van der Waals surface area contributed by atoms with Crippen molar-refractivity contribution < 1.29 is 41.5 Å². The van der Waals surface area contributed by atoms with Crippen molar-refractivity contribution in [3.05, 3.63) is 55.5 Å². The molecule has 0 radical (unpaired) electrons. The molecule has 0 heterocycles. The van der Waals surface area contributed by atoms with Gasteiger partial charge in [0.2, 0.25) is 0 Å². The largest absolute Gasteiger partial charge is 4.00 e.